The quantitative estimate of drug-likeness (QED) is 0.764. The predicted molar refractivity (Wildman–Crippen MR) is 97.9 cm³/mol. The first kappa shape index (κ1) is 17.7. The second kappa shape index (κ2) is 7.39. The molecule has 3 rings (SSSR count). The highest BCUT2D eigenvalue weighted by Crippen LogP contribution is 2.19. The van der Waals surface area contributed by atoms with Crippen LogP contribution < -0.4 is 10.3 Å². The molecule has 5 nitrogen and oxygen atoms in total. The number of benzene rings is 2. The molecule has 0 atom stereocenters. The van der Waals surface area contributed by atoms with E-state index in [1.807, 2.05) is 19.1 Å². The van der Waals surface area contributed by atoms with Crippen LogP contribution in [0.15, 0.2) is 53.3 Å². The number of hydrogen-bond donors (Lipinski definition) is 1. The van der Waals surface area contributed by atoms with Crippen LogP contribution in [0.3, 0.4) is 0 Å². The van der Waals surface area contributed by atoms with E-state index < -0.39 is 5.82 Å². The maximum absolute atomic E-state index is 13.1. The number of aromatic nitrogens is 1. The van der Waals surface area contributed by atoms with Crippen molar-refractivity contribution in [2.75, 3.05) is 13.7 Å². The Bertz CT molecular complexity index is 996. The number of rotatable bonds is 5. The minimum Gasteiger partial charge on any atom is -0.497 e. The molecular weight excluding hydrogens is 335 g/mol. The molecule has 6 heteroatoms. The van der Waals surface area contributed by atoms with E-state index >= 15 is 0 Å². The predicted octanol–water partition coefficient (Wildman–Crippen LogP) is 3.34. The van der Waals surface area contributed by atoms with Gasteiger partial charge in [-0.1, -0.05) is 0 Å². The van der Waals surface area contributed by atoms with Gasteiger partial charge < -0.3 is 14.6 Å². The number of carbonyl (C=O) groups excluding carboxylic acids is 1. The number of fused-ring (bicyclic) bond motifs is 1. The van der Waals surface area contributed by atoms with E-state index in [-0.39, 0.29) is 18.0 Å². The molecule has 0 aliphatic heterocycles. The molecule has 1 heterocycles. The van der Waals surface area contributed by atoms with Gasteiger partial charge in [-0.05, 0) is 54.8 Å². The van der Waals surface area contributed by atoms with Gasteiger partial charge in [-0.25, -0.2) is 4.39 Å². The maximum atomic E-state index is 13.1. The second-order valence-corrected chi connectivity index (χ2v) is 5.90. The average molecular weight is 354 g/mol. The van der Waals surface area contributed by atoms with Gasteiger partial charge in [-0.3, -0.25) is 9.59 Å². The summed E-state index contributed by atoms with van der Waals surface area (Å²) >= 11 is 0. The maximum Gasteiger partial charge on any atom is 0.254 e. The minimum absolute atomic E-state index is 0.171. The fraction of sp³-hybridized carbons (Fsp3) is 0.200. The van der Waals surface area contributed by atoms with Gasteiger partial charge in [-0.2, -0.15) is 0 Å². The van der Waals surface area contributed by atoms with Crippen LogP contribution in [0.2, 0.25) is 0 Å². The fourth-order valence-electron chi connectivity index (χ4n) is 2.78. The summed E-state index contributed by atoms with van der Waals surface area (Å²) in [6, 6.07) is 12.6. The zero-order chi connectivity index (χ0) is 18.7. The topological polar surface area (TPSA) is 62.4 Å². The van der Waals surface area contributed by atoms with E-state index in [1.54, 1.807) is 24.1 Å². The lowest BCUT2D eigenvalue weighted by Gasteiger charge is -2.21. The number of pyridine rings is 1. The van der Waals surface area contributed by atoms with E-state index in [1.165, 1.54) is 24.3 Å². The summed E-state index contributed by atoms with van der Waals surface area (Å²) < 4.78 is 18.2. The number of carbonyl (C=O) groups is 1. The first-order valence-corrected chi connectivity index (χ1v) is 8.26. The zero-order valence-electron chi connectivity index (χ0n) is 14.6. The molecule has 0 bridgehead atoms. The van der Waals surface area contributed by atoms with Crippen molar-refractivity contribution in [2.45, 2.75) is 13.5 Å². The molecule has 0 unspecified atom stereocenters. The number of H-pyrrole nitrogens is 1. The van der Waals surface area contributed by atoms with Crippen LogP contribution in [0.25, 0.3) is 10.9 Å². The van der Waals surface area contributed by atoms with Crippen molar-refractivity contribution in [3.05, 3.63) is 75.8 Å². The van der Waals surface area contributed by atoms with Gasteiger partial charge in [0.15, 0.2) is 0 Å². The van der Waals surface area contributed by atoms with Gasteiger partial charge in [0.25, 0.3) is 11.5 Å². The van der Waals surface area contributed by atoms with Crippen LogP contribution in [0.5, 0.6) is 5.75 Å². The van der Waals surface area contributed by atoms with E-state index in [9.17, 15) is 14.0 Å². The Morgan fingerprint density at radius 3 is 2.54 bits per heavy atom. The van der Waals surface area contributed by atoms with Crippen molar-refractivity contribution in [1.82, 2.24) is 9.88 Å². The lowest BCUT2D eigenvalue weighted by molar-refractivity contribution is 0.0752. The molecule has 134 valence electrons. The van der Waals surface area contributed by atoms with Crippen molar-refractivity contribution in [3.8, 4) is 5.75 Å². The summed E-state index contributed by atoms with van der Waals surface area (Å²) in [7, 11) is 1.56. The number of methoxy groups -OCH3 is 1. The molecule has 0 aliphatic rings. The third kappa shape index (κ3) is 3.59. The van der Waals surface area contributed by atoms with Gasteiger partial charge in [0.2, 0.25) is 0 Å². The molecule has 0 spiro atoms. The van der Waals surface area contributed by atoms with E-state index in [0.717, 1.165) is 5.39 Å². The van der Waals surface area contributed by atoms with E-state index in [0.29, 0.717) is 28.9 Å². The van der Waals surface area contributed by atoms with Crippen molar-refractivity contribution in [3.63, 3.8) is 0 Å². The lowest BCUT2D eigenvalue weighted by atomic mass is 10.1. The number of hydrogen-bond acceptors (Lipinski definition) is 3. The Balaban J connectivity index is 1.90. The average Bonchev–Trinajstić information content (AvgIpc) is 2.66. The standard InChI is InChI=1S/C20H19FN2O3/c1-3-23(20(25)13-4-7-16(21)8-5-13)12-15-10-14-6-9-17(26-2)11-18(14)22-19(15)24/h4-11H,3,12H2,1-2H3,(H,22,24). The van der Waals surface area contributed by atoms with Gasteiger partial charge in [0.05, 0.1) is 19.2 Å². The molecular formula is C20H19FN2O3. The Morgan fingerprint density at radius 2 is 1.88 bits per heavy atom. The molecule has 0 radical (unpaired) electrons. The van der Waals surface area contributed by atoms with Crippen LogP contribution in [-0.2, 0) is 6.54 Å². The van der Waals surface area contributed by atoms with Crippen LogP contribution in [0, 0.1) is 5.82 Å². The SMILES string of the molecule is CCN(Cc1cc2ccc(OC)cc2[nH]c1=O)C(=O)c1ccc(F)cc1. The highest BCUT2D eigenvalue weighted by molar-refractivity contribution is 5.94. The third-order valence-electron chi connectivity index (χ3n) is 4.25. The van der Waals surface area contributed by atoms with Gasteiger partial charge >= 0.3 is 0 Å². The van der Waals surface area contributed by atoms with Crippen molar-refractivity contribution >= 4 is 16.8 Å². The van der Waals surface area contributed by atoms with Crippen LogP contribution in [-0.4, -0.2) is 29.4 Å². The zero-order valence-corrected chi connectivity index (χ0v) is 14.6. The fourth-order valence-corrected chi connectivity index (χ4v) is 2.78. The Kier molecular flexibility index (Phi) is 5.02. The summed E-state index contributed by atoms with van der Waals surface area (Å²) in [6.45, 7) is 2.43. The molecule has 0 aliphatic carbocycles. The number of amides is 1. The summed E-state index contributed by atoms with van der Waals surface area (Å²) in [5, 5.41) is 0.852. The summed E-state index contributed by atoms with van der Waals surface area (Å²) in [5.74, 6) is 0.00954. The van der Waals surface area contributed by atoms with Crippen LogP contribution in [0.1, 0.15) is 22.8 Å². The second-order valence-electron chi connectivity index (χ2n) is 5.90. The van der Waals surface area contributed by atoms with E-state index in [2.05, 4.69) is 4.98 Å². The number of aromatic amines is 1. The number of nitrogens with zero attached hydrogens (tertiary/aromatic N) is 1. The number of nitrogens with one attached hydrogen (secondary N) is 1. The van der Waals surface area contributed by atoms with Crippen LogP contribution in [0.4, 0.5) is 4.39 Å². The molecule has 2 aromatic carbocycles. The Hall–Kier alpha value is -3.15. The largest absolute Gasteiger partial charge is 0.497 e. The molecule has 0 fully saturated rings. The smallest absolute Gasteiger partial charge is 0.254 e. The highest BCUT2D eigenvalue weighted by Gasteiger charge is 2.16. The van der Waals surface area contributed by atoms with Gasteiger partial charge in [0.1, 0.15) is 11.6 Å². The molecule has 26 heavy (non-hydrogen) atoms. The first-order chi connectivity index (χ1) is 12.5. The van der Waals surface area contributed by atoms with Gasteiger partial charge in [-0.15, -0.1) is 0 Å². The number of ether oxygens (including phenoxy) is 1. The highest BCUT2D eigenvalue weighted by atomic mass is 19.1. The van der Waals surface area contributed by atoms with Gasteiger partial charge in [0, 0.05) is 23.7 Å². The van der Waals surface area contributed by atoms with E-state index in [4.69, 9.17) is 4.74 Å². The van der Waals surface area contributed by atoms with Crippen molar-refractivity contribution in [1.29, 1.82) is 0 Å². The lowest BCUT2D eigenvalue weighted by Crippen LogP contribution is -2.32. The summed E-state index contributed by atoms with van der Waals surface area (Å²) in [4.78, 5) is 29.4. The summed E-state index contributed by atoms with van der Waals surface area (Å²) in [6.07, 6.45) is 0. The molecule has 3 aromatic rings. The monoisotopic (exact) mass is 354 g/mol. The molecule has 0 saturated heterocycles. The van der Waals surface area contributed by atoms with Crippen molar-refractivity contribution < 1.29 is 13.9 Å². The molecule has 0 saturated carbocycles. The Labute approximate surface area is 150 Å². The number of halogens is 1. The van der Waals surface area contributed by atoms with Crippen LogP contribution >= 0.6 is 0 Å². The third-order valence-corrected chi connectivity index (χ3v) is 4.25. The Morgan fingerprint density at radius 1 is 1.15 bits per heavy atom. The molecule has 1 aromatic heterocycles. The minimum atomic E-state index is -0.397. The van der Waals surface area contributed by atoms with Crippen molar-refractivity contribution in [2.24, 2.45) is 0 Å². The normalized spacial score (nSPS) is 10.7. The molecule has 1 N–H and O–H groups in total. The summed E-state index contributed by atoms with van der Waals surface area (Å²) in [5.41, 5.74) is 1.29. The first-order valence-electron chi connectivity index (χ1n) is 8.26. The molecule has 1 amide bonds.